The molecule has 0 fully saturated rings. The van der Waals surface area contributed by atoms with Crippen molar-refractivity contribution in [1.29, 1.82) is 0 Å². The predicted molar refractivity (Wildman–Crippen MR) is 86.4 cm³/mol. The van der Waals surface area contributed by atoms with Crippen LogP contribution in [0.5, 0.6) is 5.75 Å². The summed E-state index contributed by atoms with van der Waals surface area (Å²) >= 11 is 0. The molecule has 24 heavy (non-hydrogen) atoms. The Morgan fingerprint density at radius 1 is 1.46 bits per heavy atom. The third-order valence-electron chi connectivity index (χ3n) is 3.90. The lowest BCUT2D eigenvalue weighted by atomic mass is 9.98. The number of fused-ring (bicyclic) bond motifs is 1. The summed E-state index contributed by atoms with van der Waals surface area (Å²) in [6.07, 6.45) is 1.29. The van der Waals surface area contributed by atoms with Crippen LogP contribution in [0.15, 0.2) is 30.1 Å². The van der Waals surface area contributed by atoms with Crippen LogP contribution >= 0.6 is 0 Å². The zero-order valence-corrected chi connectivity index (χ0v) is 13.6. The van der Waals surface area contributed by atoms with Gasteiger partial charge in [-0.15, -0.1) is 0 Å². The number of amides is 1. The maximum Gasteiger partial charge on any atom is 0.307 e. The van der Waals surface area contributed by atoms with Gasteiger partial charge in [-0.2, -0.15) is 0 Å². The van der Waals surface area contributed by atoms with Gasteiger partial charge < -0.3 is 20.1 Å². The minimum Gasteiger partial charge on any atom is -0.489 e. The van der Waals surface area contributed by atoms with E-state index in [0.29, 0.717) is 42.7 Å². The molecule has 0 bridgehead atoms. The summed E-state index contributed by atoms with van der Waals surface area (Å²) in [6, 6.07) is 5.16. The van der Waals surface area contributed by atoms with E-state index >= 15 is 0 Å². The van der Waals surface area contributed by atoms with E-state index in [4.69, 9.17) is 10.5 Å². The average Bonchev–Trinajstić information content (AvgIpc) is 2.61. The second-order valence-electron chi connectivity index (χ2n) is 5.45. The molecule has 0 unspecified atom stereocenters. The molecule has 1 aromatic rings. The molecule has 2 N–H and O–H groups in total. The highest BCUT2D eigenvalue weighted by Crippen LogP contribution is 2.24. The van der Waals surface area contributed by atoms with Crippen LogP contribution in [-0.2, 0) is 16.0 Å². The Hall–Kier alpha value is -2.41. The van der Waals surface area contributed by atoms with E-state index in [-0.39, 0.29) is 31.4 Å². The van der Waals surface area contributed by atoms with Crippen molar-refractivity contribution in [3.05, 3.63) is 41.2 Å². The van der Waals surface area contributed by atoms with E-state index in [9.17, 15) is 14.0 Å². The molecule has 0 radical (unpaired) electrons. The number of nitrogens with zero attached hydrogens (tertiary/aromatic N) is 1. The van der Waals surface area contributed by atoms with Crippen LogP contribution in [0.4, 0.5) is 4.39 Å². The van der Waals surface area contributed by atoms with Gasteiger partial charge >= 0.3 is 5.97 Å². The summed E-state index contributed by atoms with van der Waals surface area (Å²) in [6.45, 7) is 1.04. The molecule has 0 saturated carbocycles. The molecule has 0 saturated heterocycles. The van der Waals surface area contributed by atoms with Crippen LogP contribution in [0.3, 0.4) is 0 Å². The number of carbonyl (C=O) groups excluding carboxylic acids is 2. The number of benzene rings is 1. The molecule has 0 aliphatic carbocycles. The minimum atomic E-state index is -0.339. The predicted octanol–water partition coefficient (Wildman–Crippen LogP) is 1.44. The first kappa shape index (κ1) is 17.9. The lowest BCUT2D eigenvalue weighted by Crippen LogP contribution is -2.38. The van der Waals surface area contributed by atoms with Crippen molar-refractivity contribution in [2.24, 2.45) is 5.73 Å². The fourth-order valence-electron chi connectivity index (χ4n) is 2.46. The van der Waals surface area contributed by atoms with Crippen LogP contribution in [-0.4, -0.2) is 50.1 Å². The van der Waals surface area contributed by atoms with Crippen molar-refractivity contribution in [2.75, 3.05) is 33.4 Å². The normalized spacial score (nSPS) is 14.4. The van der Waals surface area contributed by atoms with Gasteiger partial charge in [0.2, 0.25) is 0 Å². The number of hydrogen-bond donors (Lipinski definition) is 1. The van der Waals surface area contributed by atoms with Gasteiger partial charge in [-0.25, -0.2) is 4.39 Å². The zero-order valence-electron chi connectivity index (χ0n) is 13.6. The molecule has 0 aromatic heterocycles. The lowest BCUT2D eigenvalue weighted by Gasteiger charge is -2.28. The van der Waals surface area contributed by atoms with Gasteiger partial charge in [0.15, 0.2) is 0 Å². The Kier molecular flexibility index (Phi) is 6.31. The number of halogens is 1. The molecular formula is C17H21FN2O4. The van der Waals surface area contributed by atoms with Gasteiger partial charge in [-0.3, -0.25) is 9.59 Å². The molecule has 130 valence electrons. The van der Waals surface area contributed by atoms with Gasteiger partial charge in [0.25, 0.3) is 5.91 Å². The molecule has 0 atom stereocenters. The van der Waals surface area contributed by atoms with Gasteiger partial charge in [-0.1, -0.05) is 0 Å². The first-order chi connectivity index (χ1) is 11.6. The number of methoxy groups -OCH3 is 1. The maximum atomic E-state index is 12.5. The molecular weight excluding hydrogens is 315 g/mol. The average molecular weight is 336 g/mol. The summed E-state index contributed by atoms with van der Waals surface area (Å²) < 4.78 is 22.6. The van der Waals surface area contributed by atoms with E-state index in [1.54, 1.807) is 23.1 Å². The summed E-state index contributed by atoms with van der Waals surface area (Å²) in [5.74, 6) is 0.115. The SMILES string of the molecule is COC(=O)CCN1CCc2cc(OC/C(=C\F)CN)ccc2C1=O. The topological polar surface area (TPSA) is 81.9 Å². The van der Waals surface area contributed by atoms with Crippen LogP contribution < -0.4 is 10.5 Å². The number of hydrogen-bond acceptors (Lipinski definition) is 5. The number of rotatable bonds is 7. The molecule has 6 nitrogen and oxygen atoms in total. The Bertz CT molecular complexity index is 645. The van der Waals surface area contributed by atoms with E-state index in [0.717, 1.165) is 5.56 Å². The van der Waals surface area contributed by atoms with Crippen LogP contribution in [0.1, 0.15) is 22.3 Å². The standard InChI is InChI=1S/C17H21FN2O4/c1-23-16(21)5-7-20-6-4-13-8-14(2-3-15(13)17(20)22)24-11-12(9-18)10-19/h2-3,8-9H,4-7,10-11,19H2,1H3/b12-9-. The van der Waals surface area contributed by atoms with Gasteiger partial charge in [-0.05, 0) is 30.2 Å². The largest absolute Gasteiger partial charge is 0.489 e. The molecule has 2 rings (SSSR count). The fourth-order valence-corrected chi connectivity index (χ4v) is 2.46. The van der Waals surface area contributed by atoms with E-state index < -0.39 is 0 Å². The van der Waals surface area contributed by atoms with Crippen molar-refractivity contribution in [2.45, 2.75) is 12.8 Å². The molecule has 1 aliphatic rings. The molecule has 1 amide bonds. The summed E-state index contributed by atoms with van der Waals surface area (Å²) in [5.41, 5.74) is 7.22. The summed E-state index contributed by atoms with van der Waals surface area (Å²) in [5, 5.41) is 0. The van der Waals surface area contributed by atoms with Crippen molar-refractivity contribution in [3.8, 4) is 5.75 Å². The highest BCUT2D eigenvalue weighted by atomic mass is 19.1. The highest BCUT2D eigenvalue weighted by Gasteiger charge is 2.25. The number of nitrogens with two attached hydrogens (primary N) is 1. The van der Waals surface area contributed by atoms with E-state index in [2.05, 4.69) is 4.74 Å². The third-order valence-corrected chi connectivity index (χ3v) is 3.90. The molecule has 1 heterocycles. The van der Waals surface area contributed by atoms with E-state index in [1.807, 2.05) is 0 Å². The molecule has 7 heteroatoms. The van der Waals surface area contributed by atoms with Crippen molar-refractivity contribution < 1.29 is 23.5 Å². The van der Waals surface area contributed by atoms with Gasteiger partial charge in [0.1, 0.15) is 12.4 Å². The fraction of sp³-hybridized carbons (Fsp3) is 0.412. The Balaban J connectivity index is 2.02. The maximum absolute atomic E-state index is 12.5. The van der Waals surface area contributed by atoms with Crippen LogP contribution in [0.25, 0.3) is 0 Å². The Labute approximate surface area is 140 Å². The second-order valence-corrected chi connectivity index (χ2v) is 5.45. The van der Waals surface area contributed by atoms with Gasteiger partial charge in [0.05, 0.1) is 19.9 Å². The molecule has 1 aliphatic heterocycles. The summed E-state index contributed by atoms with van der Waals surface area (Å²) in [4.78, 5) is 25.3. The first-order valence-electron chi connectivity index (χ1n) is 7.69. The van der Waals surface area contributed by atoms with E-state index in [1.165, 1.54) is 7.11 Å². The van der Waals surface area contributed by atoms with Gasteiger partial charge in [0, 0.05) is 30.8 Å². The van der Waals surface area contributed by atoms with Crippen LogP contribution in [0, 0.1) is 0 Å². The number of ether oxygens (including phenoxy) is 2. The third kappa shape index (κ3) is 4.32. The Morgan fingerprint density at radius 3 is 2.92 bits per heavy atom. The second kappa shape index (κ2) is 8.44. The highest BCUT2D eigenvalue weighted by molar-refractivity contribution is 5.97. The molecule has 1 aromatic carbocycles. The molecule has 0 spiro atoms. The monoisotopic (exact) mass is 336 g/mol. The number of esters is 1. The zero-order chi connectivity index (χ0) is 17.5. The van der Waals surface area contributed by atoms with Crippen LogP contribution in [0.2, 0.25) is 0 Å². The lowest BCUT2D eigenvalue weighted by molar-refractivity contribution is -0.140. The van der Waals surface area contributed by atoms with Crippen molar-refractivity contribution >= 4 is 11.9 Å². The van der Waals surface area contributed by atoms with Crippen molar-refractivity contribution in [3.63, 3.8) is 0 Å². The quantitative estimate of drug-likeness (QED) is 0.762. The van der Waals surface area contributed by atoms with Crippen molar-refractivity contribution in [1.82, 2.24) is 4.90 Å². The Morgan fingerprint density at radius 2 is 2.25 bits per heavy atom. The minimum absolute atomic E-state index is 0.0744. The summed E-state index contributed by atoms with van der Waals surface area (Å²) in [7, 11) is 1.32. The number of carbonyl (C=O) groups is 2. The smallest absolute Gasteiger partial charge is 0.307 e. The first-order valence-corrected chi connectivity index (χ1v) is 7.69.